The summed E-state index contributed by atoms with van der Waals surface area (Å²) in [7, 11) is 1.99. The first kappa shape index (κ1) is 12.9. The minimum atomic E-state index is -0.740. The standard InChI is InChI=1S/C17H17NO2/c1-18-12-15(16(19)20)17(18,13-8-4-2-5-9-13)14-10-6-3-7-11-14/h2-11,15H,12H2,1H3,(H,19,20). The van der Waals surface area contributed by atoms with Gasteiger partial charge < -0.3 is 5.11 Å². The predicted molar refractivity (Wildman–Crippen MR) is 77.4 cm³/mol. The molecular weight excluding hydrogens is 250 g/mol. The number of carbonyl (C=O) groups is 1. The molecule has 0 aliphatic carbocycles. The van der Waals surface area contributed by atoms with E-state index in [2.05, 4.69) is 4.90 Å². The average Bonchev–Trinajstić information content (AvgIpc) is 2.47. The van der Waals surface area contributed by atoms with Gasteiger partial charge in [0.05, 0.1) is 11.5 Å². The van der Waals surface area contributed by atoms with Crippen LogP contribution in [0.2, 0.25) is 0 Å². The summed E-state index contributed by atoms with van der Waals surface area (Å²) in [6.45, 7) is 0.569. The van der Waals surface area contributed by atoms with Gasteiger partial charge >= 0.3 is 5.97 Å². The zero-order valence-corrected chi connectivity index (χ0v) is 11.4. The van der Waals surface area contributed by atoms with Crippen molar-refractivity contribution >= 4 is 5.97 Å². The molecule has 0 bridgehead atoms. The van der Waals surface area contributed by atoms with E-state index in [0.717, 1.165) is 11.1 Å². The Labute approximate surface area is 118 Å². The van der Waals surface area contributed by atoms with Crippen LogP contribution >= 0.6 is 0 Å². The highest BCUT2D eigenvalue weighted by Gasteiger charge is 2.57. The van der Waals surface area contributed by atoms with E-state index in [4.69, 9.17) is 0 Å². The van der Waals surface area contributed by atoms with E-state index in [1.54, 1.807) is 0 Å². The lowest BCUT2D eigenvalue weighted by molar-refractivity contribution is -0.159. The number of carboxylic acid groups (broad SMARTS) is 1. The van der Waals surface area contributed by atoms with Crippen LogP contribution in [-0.4, -0.2) is 29.6 Å². The van der Waals surface area contributed by atoms with Crippen molar-refractivity contribution in [3.63, 3.8) is 0 Å². The van der Waals surface area contributed by atoms with Gasteiger partial charge in [0.1, 0.15) is 0 Å². The molecule has 0 saturated carbocycles. The molecule has 20 heavy (non-hydrogen) atoms. The van der Waals surface area contributed by atoms with Crippen LogP contribution in [0.25, 0.3) is 0 Å². The van der Waals surface area contributed by atoms with Gasteiger partial charge in [-0.05, 0) is 18.2 Å². The van der Waals surface area contributed by atoms with Gasteiger partial charge in [-0.3, -0.25) is 9.69 Å². The minimum Gasteiger partial charge on any atom is -0.481 e. The zero-order chi connectivity index (χ0) is 14.2. The van der Waals surface area contributed by atoms with Crippen molar-refractivity contribution in [3.05, 3.63) is 71.8 Å². The van der Waals surface area contributed by atoms with E-state index < -0.39 is 17.4 Å². The van der Waals surface area contributed by atoms with E-state index in [1.807, 2.05) is 67.7 Å². The van der Waals surface area contributed by atoms with Crippen LogP contribution in [0.15, 0.2) is 60.7 Å². The summed E-state index contributed by atoms with van der Waals surface area (Å²) in [4.78, 5) is 13.8. The number of benzene rings is 2. The van der Waals surface area contributed by atoms with Crippen molar-refractivity contribution in [2.24, 2.45) is 5.92 Å². The fourth-order valence-corrected chi connectivity index (χ4v) is 3.35. The highest BCUT2D eigenvalue weighted by Crippen LogP contribution is 2.49. The van der Waals surface area contributed by atoms with Gasteiger partial charge in [0.15, 0.2) is 0 Å². The van der Waals surface area contributed by atoms with E-state index in [-0.39, 0.29) is 0 Å². The van der Waals surface area contributed by atoms with Crippen molar-refractivity contribution in [1.29, 1.82) is 0 Å². The van der Waals surface area contributed by atoms with Gasteiger partial charge in [-0.1, -0.05) is 60.7 Å². The summed E-state index contributed by atoms with van der Waals surface area (Å²) in [5.74, 6) is -1.16. The third-order valence-corrected chi connectivity index (χ3v) is 4.29. The Morgan fingerprint density at radius 3 is 1.85 bits per heavy atom. The molecule has 3 heteroatoms. The SMILES string of the molecule is CN1CC(C(=O)O)C1(c1ccccc1)c1ccccc1. The van der Waals surface area contributed by atoms with Crippen LogP contribution in [0.1, 0.15) is 11.1 Å². The second-order valence-electron chi connectivity index (χ2n) is 5.27. The molecule has 0 aromatic heterocycles. The van der Waals surface area contributed by atoms with Crippen LogP contribution in [-0.2, 0) is 10.3 Å². The maximum absolute atomic E-state index is 11.7. The summed E-state index contributed by atoms with van der Waals surface area (Å²) in [6.07, 6.45) is 0. The van der Waals surface area contributed by atoms with Gasteiger partial charge in [0.25, 0.3) is 0 Å². The van der Waals surface area contributed by atoms with Crippen LogP contribution in [0.5, 0.6) is 0 Å². The largest absolute Gasteiger partial charge is 0.481 e. The van der Waals surface area contributed by atoms with Gasteiger partial charge in [-0.2, -0.15) is 0 Å². The van der Waals surface area contributed by atoms with Crippen LogP contribution in [0.3, 0.4) is 0 Å². The lowest BCUT2D eigenvalue weighted by Gasteiger charge is -2.56. The normalized spacial score (nSPS) is 21.1. The van der Waals surface area contributed by atoms with Crippen LogP contribution in [0, 0.1) is 5.92 Å². The van der Waals surface area contributed by atoms with Gasteiger partial charge in [0.2, 0.25) is 0 Å². The summed E-state index contributed by atoms with van der Waals surface area (Å²) < 4.78 is 0. The van der Waals surface area contributed by atoms with E-state index in [0.29, 0.717) is 6.54 Å². The Morgan fingerprint density at radius 1 is 1.05 bits per heavy atom. The summed E-state index contributed by atoms with van der Waals surface area (Å²) in [5, 5.41) is 9.58. The van der Waals surface area contributed by atoms with Crippen LogP contribution in [0.4, 0.5) is 0 Å². The topological polar surface area (TPSA) is 40.5 Å². The number of carboxylic acids is 1. The molecule has 1 saturated heterocycles. The molecule has 1 aliphatic heterocycles. The van der Waals surface area contributed by atoms with Crippen molar-refractivity contribution in [3.8, 4) is 0 Å². The molecule has 1 aliphatic rings. The molecule has 2 aromatic rings. The maximum Gasteiger partial charge on any atom is 0.310 e. The third-order valence-electron chi connectivity index (χ3n) is 4.29. The monoisotopic (exact) mass is 267 g/mol. The first-order valence-corrected chi connectivity index (χ1v) is 6.72. The van der Waals surface area contributed by atoms with Crippen molar-refractivity contribution in [2.45, 2.75) is 5.54 Å². The molecule has 3 nitrogen and oxygen atoms in total. The molecule has 1 unspecified atom stereocenters. The molecule has 2 aromatic carbocycles. The first-order valence-electron chi connectivity index (χ1n) is 6.72. The summed E-state index contributed by atoms with van der Waals surface area (Å²) >= 11 is 0. The number of hydrogen-bond acceptors (Lipinski definition) is 2. The van der Waals surface area contributed by atoms with Gasteiger partial charge in [0, 0.05) is 6.54 Å². The second-order valence-corrected chi connectivity index (χ2v) is 5.27. The highest BCUT2D eigenvalue weighted by atomic mass is 16.4. The fraction of sp³-hybridized carbons (Fsp3) is 0.235. The lowest BCUT2D eigenvalue weighted by Crippen LogP contribution is -2.66. The number of rotatable bonds is 3. The highest BCUT2D eigenvalue weighted by molar-refractivity contribution is 5.76. The Morgan fingerprint density at radius 2 is 1.50 bits per heavy atom. The van der Waals surface area contributed by atoms with Gasteiger partial charge in [-0.15, -0.1) is 0 Å². The number of hydrogen-bond donors (Lipinski definition) is 1. The average molecular weight is 267 g/mol. The predicted octanol–water partition coefficient (Wildman–Crippen LogP) is 2.58. The Bertz CT molecular complexity index is 570. The molecule has 1 atom stereocenters. The molecule has 0 spiro atoms. The smallest absolute Gasteiger partial charge is 0.310 e. The number of nitrogens with zero attached hydrogens (tertiary/aromatic N) is 1. The minimum absolute atomic E-state index is 0.419. The molecule has 3 rings (SSSR count). The van der Waals surface area contributed by atoms with E-state index in [1.165, 1.54) is 0 Å². The fourth-order valence-electron chi connectivity index (χ4n) is 3.35. The van der Waals surface area contributed by atoms with E-state index >= 15 is 0 Å². The molecule has 1 N–H and O–H groups in total. The Hall–Kier alpha value is -2.13. The van der Waals surface area contributed by atoms with E-state index in [9.17, 15) is 9.90 Å². The molecule has 1 heterocycles. The number of likely N-dealkylation sites (tertiary alicyclic amines) is 1. The summed E-state index contributed by atoms with van der Waals surface area (Å²) in [5.41, 5.74) is 1.51. The van der Waals surface area contributed by atoms with Crippen molar-refractivity contribution in [1.82, 2.24) is 4.90 Å². The van der Waals surface area contributed by atoms with Crippen molar-refractivity contribution < 1.29 is 9.90 Å². The molecule has 1 fully saturated rings. The van der Waals surface area contributed by atoms with Crippen LogP contribution < -0.4 is 0 Å². The molecule has 102 valence electrons. The Balaban J connectivity index is 2.21. The molecule has 0 radical (unpaired) electrons. The van der Waals surface area contributed by atoms with Gasteiger partial charge in [-0.25, -0.2) is 0 Å². The summed E-state index contributed by atoms with van der Waals surface area (Å²) in [6, 6.07) is 19.8. The Kier molecular flexibility index (Phi) is 3.07. The third kappa shape index (κ3) is 1.67. The quantitative estimate of drug-likeness (QED) is 0.929. The van der Waals surface area contributed by atoms with Crippen molar-refractivity contribution in [2.75, 3.05) is 13.6 Å². The first-order chi connectivity index (χ1) is 9.67. The lowest BCUT2D eigenvalue weighted by atomic mass is 9.65. The maximum atomic E-state index is 11.7. The zero-order valence-electron chi connectivity index (χ0n) is 11.4. The number of aliphatic carboxylic acids is 1. The molecular formula is C17H17NO2. The second kappa shape index (κ2) is 4.76. The molecule has 0 amide bonds.